The van der Waals surface area contributed by atoms with E-state index in [1.165, 1.54) is 5.56 Å². The number of nitrogens with one attached hydrogen (secondary N) is 3. The second-order valence-corrected chi connectivity index (χ2v) is 13.6. The highest BCUT2D eigenvalue weighted by atomic mass is 31.2. The maximum Gasteiger partial charge on any atom is 0.479 e. The van der Waals surface area contributed by atoms with Crippen molar-refractivity contribution in [3.8, 4) is 5.75 Å². The van der Waals surface area contributed by atoms with Crippen molar-refractivity contribution in [2.45, 2.75) is 33.7 Å². The summed E-state index contributed by atoms with van der Waals surface area (Å²) in [6.07, 6.45) is 1.77. The molecule has 1 fully saturated rings. The zero-order chi connectivity index (χ0) is 31.7. The van der Waals surface area contributed by atoms with E-state index in [-0.39, 0.29) is 24.4 Å². The topological polar surface area (TPSA) is 118 Å². The molecule has 0 saturated carbocycles. The third kappa shape index (κ3) is 6.24. The average Bonchev–Trinajstić information content (AvgIpc) is 3.51. The number of anilines is 2. The van der Waals surface area contributed by atoms with Crippen LogP contribution in [0, 0.1) is 20.8 Å². The van der Waals surface area contributed by atoms with Crippen LogP contribution in [0.5, 0.6) is 5.75 Å². The first-order chi connectivity index (χ1) is 20.9. The Morgan fingerprint density at radius 2 is 1.66 bits per heavy atom. The number of hydrogen-bond donors (Lipinski definition) is 3. The molecule has 3 heterocycles. The number of fused-ring (bicyclic) bond motifs is 3. The van der Waals surface area contributed by atoms with Crippen LogP contribution >= 0.6 is 7.82 Å². The number of benzene rings is 2. The number of ether oxygens (including phenoxy) is 1. The van der Waals surface area contributed by atoms with Crippen molar-refractivity contribution in [3.05, 3.63) is 58.4 Å². The number of hydroxylamine groups is 1. The number of rotatable bonds is 14. The van der Waals surface area contributed by atoms with E-state index in [0.717, 1.165) is 39.5 Å². The van der Waals surface area contributed by atoms with Gasteiger partial charge in [0.1, 0.15) is 11.4 Å². The van der Waals surface area contributed by atoms with E-state index in [9.17, 15) is 4.57 Å². The van der Waals surface area contributed by atoms with E-state index < -0.39 is 13.8 Å². The molecular formula is C30H45N7O6P+. The fraction of sp³-hybridized carbons (Fsp3) is 0.500. The highest BCUT2D eigenvalue weighted by Crippen LogP contribution is 2.54. The van der Waals surface area contributed by atoms with Gasteiger partial charge in [-0.1, -0.05) is 0 Å². The minimum atomic E-state index is -4.05. The minimum Gasteiger partial charge on any atom is -0.471 e. The fourth-order valence-corrected chi connectivity index (χ4v) is 6.46. The second-order valence-electron chi connectivity index (χ2n) is 11.9. The van der Waals surface area contributed by atoms with Crippen molar-refractivity contribution in [2.75, 3.05) is 78.6 Å². The standard InChI is InChI=1S/C30H45N7O6P/c1-21-15-25(16-22(2)24(21)4)33-30-32-18-23(3)29(34-43-30)37(30,26-9-10-28-27(17-26)31-19-39-28)20-42-44(38,40-13-11-35(5)6)41-14-12-36(7)8/h9-10,15-18,31,33-34H,11-14,19-20H2,1-8H3/q+1. The number of hydrogen-bond acceptors (Lipinski definition) is 12. The molecule has 3 aliphatic rings. The van der Waals surface area contributed by atoms with Gasteiger partial charge in [0.05, 0.1) is 18.9 Å². The number of allylic oxidation sites excluding steroid dienone is 1. The van der Waals surface area contributed by atoms with Gasteiger partial charge in [-0.15, -0.1) is 4.48 Å². The predicted molar refractivity (Wildman–Crippen MR) is 172 cm³/mol. The van der Waals surface area contributed by atoms with Crippen LogP contribution in [0.2, 0.25) is 0 Å². The summed E-state index contributed by atoms with van der Waals surface area (Å²) in [6.45, 7) is 9.74. The van der Waals surface area contributed by atoms with Gasteiger partial charge in [-0.05, 0) is 90.8 Å². The average molecular weight is 631 g/mol. The number of nitrogens with zero attached hydrogens (tertiary/aromatic N) is 4. The Morgan fingerprint density at radius 3 is 2.30 bits per heavy atom. The van der Waals surface area contributed by atoms with E-state index in [2.05, 4.69) is 49.0 Å². The van der Waals surface area contributed by atoms with Gasteiger partial charge in [0, 0.05) is 42.7 Å². The largest absolute Gasteiger partial charge is 0.479 e. The molecule has 0 radical (unpaired) electrons. The third-order valence-corrected chi connectivity index (χ3v) is 9.54. The SMILES string of the molecule is CC1=C2NOC(Nc3cc(C)c(C)c(C)c3)(N=C1)[N+]2(COP(=O)(OCCN(C)C)OCCN(C)C)c1ccc2c(c1)NCO2. The summed E-state index contributed by atoms with van der Waals surface area (Å²) in [7, 11) is 3.61. The highest BCUT2D eigenvalue weighted by molar-refractivity contribution is 7.48. The molecule has 240 valence electrons. The second kappa shape index (κ2) is 12.8. The van der Waals surface area contributed by atoms with Gasteiger partial charge in [0.25, 0.3) is 0 Å². The van der Waals surface area contributed by atoms with Crippen molar-refractivity contribution in [2.24, 2.45) is 4.99 Å². The number of aryl methyl sites for hydroxylation is 2. The Morgan fingerprint density at radius 1 is 1.00 bits per heavy atom. The molecule has 5 rings (SSSR count). The van der Waals surface area contributed by atoms with Crippen LogP contribution in [0.4, 0.5) is 17.1 Å². The molecule has 2 atom stereocenters. The first-order valence-corrected chi connectivity index (χ1v) is 16.1. The van der Waals surface area contributed by atoms with Crippen LogP contribution in [0.1, 0.15) is 23.6 Å². The van der Waals surface area contributed by atoms with Crippen molar-refractivity contribution in [1.82, 2.24) is 19.8 Å². The third-order valence-electron chi connectivity index (χ3n) is 8.11. The zero-order valence-corrected chi connectivity index (χ0v) is 27.8. The molecule has 3 N–H and O–H groups in total. The van der Waals surface area contributed by atoms with E-state index in [1.807, 2.05) is 63.1 Å². The summed E-state index contributed by atoms with van der Waals surface area (Å²) < 4.78 is 37.8. The van der Waals surface area contributed by atoms with Gasteiger partial charge in [0.15, 0.2) is 6.73 Å². The molecule has 0 amide bonds. The van der Waals surface area contributed by atoms with E-state index in [4.69, 9.17) is 28.1 Å². The Hall–Kier alpha value is -3.00. The summed E-state index contributed by atoms with van der Waals surface area (Å²) in [5.74, 6) is -0.0776. The molecule has 2 unspecified atom stereocenters. The Kier molecular flexibility index (Phi) is 9.41. The van der Waals surface area contributed by atoms with Crippen LogP contribution in [0.25, 0.3) is 0 Å². The summed E-state index contributed by atoms with van der Waals surface area (Å²) >= 11 is 0. The van der Waals surface area contributed by atoms with Crippen LogP contribution < -0.4 is 25.3 Å². The first-order valence-electron chi connectivity index (χ1n) is 14.7. The number of quaternary nitrogens is 1. The lowest BCUT2D eigenvalue weighted by atomic mass is 10.0. The van der Waals surface area contributed by atoms with E-state index in [1.54, 1.807) is 6.21 Å². The van der Waals surface area contributed by atoms with E-state index >= 15 is 0 Å². The van der Waals surface area contributed by atoms with Gasteiger partial charge in [-0.25, -0.2) is 14.6 Å². The van der Waals surface area contributed by atoms with Crippen molar-refractivity contribution in [3.63, 3.8) is 0 Å². The molecule has 3 aliphatic heterocycles. The van der Waals surface area contributed by atoms with Gasteiger partial charge >= 0.3 is 13.8 Å². The maximum atomic E-state index is 14.2. The molecule has 0 aliphatic carbocycles. The van der Waals surface area contributed by atoms with Crippen LogP contribution in [0.3, 0.4) is 0 Å². The smallest absolute Gasteiger partial charge is 0.471 e. The monoisotopic (exact) mass is 630 g/mol. The number of phosphoric ester groups is 1. The van der Waals surface area contributed by atoms with Crippen LogP contribution in [-0.4, -0.2) is 89.9 Å². The molecule has 2 bridgehead atoms. The first kappa shape index (κ1) is 32.4. The molecule has 2 aromatic carbocycles. The number of phosphoric acid groups is 1. The van der Waals surface area contributed by atoms with Gasteiger partial charge < -0.3 is 19.9 Å². The number of aliphatic imine (C=N–C) groups is 1. The Labute approximate surface area is 259 Å². The van der Waals surface area contributed by atoms with Gasteiger partial charge in [0.2, 0.25) is 12.6 Å². The van der Waals surface area contributed by atoms with Crippen molar-refractivity contribution >= 4 is 31.1 Å². The molecular weight excluding hydrogens is 585 g/mol. The Balaban J connectivity index is 1.59. The van der Waals surface area contributed by atoms with Crippen molar-refractivity contribution < 1.29 is 27.7 Å². The van der Waals surface area contributed by atoms with Gasteiger partial charge in [-0.2, -0.15) is 9.83 Å². The summed E-state index contributed by atoms with van der Waals surface area (Å²) in [5, 5.41) is 6.83. The lowest BCUT2D eigenvalue weighted by Gasteiger charge is -2.43. The van der Waals surface area contributed by atoms with E-state index in [0.29, 0.717) is 25.6 Å². The molecule has 14 heteroatoms. The highest BCUT2D eigenvalue weighted by Gasteiger charge is 2.67. The Bertz CT molecular complexity index is 1460. The predicted octanol–water partition coefficient (Wildman–Crippen LogP) is 4.49. The van der Waals surface area contributed by atoms with Crippen LogP contribution in [-0.2, 0) is 23.0 Å². The number of likely N-dealkylation sites (N-methyl/N-ethyl adjacent to an activating group) is 2. The molecule has 1 saturated heterocycles. The molecule has 44 heavy (non-hydrogen) atoms. The van der Waals surface area contributed by atoms with Gasteiger partial charge in [-0.3, -0.25) is 14.4 Å². The molecule has 13 nitrogen and oxygen atoms in total. The van der Waals surface area contributed by atoms with Crippen molar-refractivity contribution in [1.29, 1.82) is 0 Å². The minimum absolute atomic E-state index is 0.158. The molecule has 2 aromatic rings. The lowest BCUT2D eigenvalue weighted by molar-refractivity contribution is -0.0985. The van der Waals surface area contributed by atoms with Crippen LogP contribution in [0.15, 0.2) is 46.7 Å². The zero-order valence-electron chi connectivity index (χ0n) is 26.9. The maximum absolute atomic E-state index is 14.2. The summed E-state index contributed by atoms with van der Waals surface area (Å²) in [5.41, 5.74) is 9.79. The molecule has 0 aromatic heterocycles. The molecule has 0 spiro atoms. The normalized spacial score (nSPS) is 22.3. The summed E-state index contributed by atoms with van der Waals surface area (Å²) in [4.78, 5) is 15.2. The fourth-order valence-electron chi connectivity index (χ4n) is 5.31. The summed E-state index contributed by atoms with van der Waals surface area (Å²) in [6, 6.07) is 9.93. The lowest BCUT2D eigenvalue weighted by Crippen LogP contribution is -2.67. The quantitative estimate of drug-likeness (QED) is 0.202.